The Balaban J connectivity index is 1.70. The van der Waals surface area contributed by atoms with E-state index < -0.39 is 28.6 Å². The summed E-state index contributed by atoms with van der Waals surface area (Å²) in [4.78, 5) is 32.8. The highest BCUT2D eigenvalue weighted by Gasteiger charge is 2.33. The minimum Gasteiger partial charge on any atom is -0.352 e. The third-order valence-electron chi connectivity index (χ3n) is 3.93. The number of carbonyl (C=O) groups is 2. The second-order valence-corrected chi connectivity index (χ2v) is 7.57. The average molecular weight is 467 g/mol. The van der Waals surface area contributed by atoms with Crippen molar-refractivity contribution in [1.29, 1.82) is 0 Å². The quantitative estimate of drug-likeness (QED) is 0.522. The molecular weight excluding hydrogens is 453 g/mol. The zero-order valence-corrected chi connectivity index (χ0v) is 17.4. The summed E-state index contributed by atoms with van der Waals surface area (Å²) >= 11 is 6.86. The van der Waals surface area contributed by atoms with Gasteiger partial charge in [0, 0.05) is 29.4 Å². The number of aromatic nitrogens is 2. The summed E-state index contributed by atoms with van der Waals surface area (Å²) < 4.78 is 38.9. The van der Waals surface area contributed by atoms with Gasteiger partial charge in [-0.2, -0.15) is 13.2 Å². The predicted molar refractivity (Wildman–Crippen MR) is 110 cm³/mol. The second-order valence-electron chi connectivity index (χ2n) is 6.07. The van der Waals surface area contributed by atoms with Gasteiger partial charge in [0.2, 0.25) is 5.82 Å². The summed E-state index contributed by atoms with van der Waals surface area (Å²) in [6.45, 7) is 0. The lowest BCUT2D eigenvalue weighted by Gasteiger charge is -2.11. The molecule has 1 aromatic heterocycles. The molecule has 3 aromatic rings. The number of alkyl halides is 3. The molecule has 31 heavy (non-hydrogen) atoms. The first-order chi connectivity index (χ1) is 14.7. The Bertz CT molecular complexity index is 1120. The van der Waals surface area contributed by atoms with Crippen molar-refractivity contribution in [3.8, 4) is 0 Å². The number of nitrogens with one attached hydrogen (secondary N) is 2. The van der Waals surface area contributed by atoms with Crippen LogP contribution in [-0.2, 0) is 6.18 Å². The lowest BCUT2D eigenvalue weighted by molar-refractivity contribution is -0.137. The summed E-state index contributed by atoms with van der Waals surface area (Å²) in [6, 6.07) is 11.2. The van der Waals surface area contributed by atoms with Crippen molar-refractivity contribution in [2.24, 2.45) is 0 Å². The monoisotopic (exact) mass is 466 g/mol. The standard InChI is InChI=1S/C20H14ClF3N4O2S/c1-25-19(30)17-26-9-8-16(28-17)31-13-5-3-12(4-6-13)27-18(29)11-2-7-15(21)14(10-11)20(22,23)24/h2-10H,1H3,(H,25,30)(H,27,29). The van der Waals surface area contributed by atoms with Gasteiger partial charge >= 0.3 is 6.18 Å². The number of anilines is 1. The van der Waals surface area contributed by atoms with Gasteiger partial charge in [0.1, 0.15) is 5.03 Å². The zero-order chi connectivity index (χ0) is 22.6. The molecule has 0 saturated carbocycles. The highest BCUT2D eigenvalue weighted by Crippen LogP contribution is 2.35. The Morgan fingerprint density at radius 3 is 2.39 bits per heavy atom. The van der Waals surface area contributed by atoms with Gasteiger partial charge in [0.25, 0.3) is 11.8 Å². The molecular formula is C20H14ClF3N4O2S. The molecule has 2 aromatic carbocycles. The van der Waals surface area contributed by atoms with Gasteiger partial charge in [0.05, 0.1) is 10.6 Å². The van der Waals surface area contributed by atoms with Gasteiger partial charge < -0.3 is 10.6 Å². The van der Waals surface area contributed by atoms with Crippen molar-refractivity contribution in [3.05, 3.63) is 76.7 Å². The lowest BCUT2D eigenvalue weighted by atomic mass is 10.1. The van der Waals surface area contributed by atoms with Crippen LogP contribution in [0.3, 0.4) is 0 Å². The molecule has 160 valence electrons. The van der Waals surface area contributed by atoms with Crippen molar-refractivity contribution in [2.75, 3.05) is 12.4 Å². The Morgan fingerprint density at radius 1 is 1.03 bits per heavy atom. The summed E-state index contributed by atoms with van der Waals surface area (Å²) in [5.74, 6) is -1.07. The summed E-state index contributed by atoms with van der Waals surface area (Å²) in [5.41, 5.74) is -0.848. The highest BCUT2D eigenvalue weighted by molar-refractivity contribution is 7.99. The first-order valence-electron chi connectivity index (χ1n) is 8.68. The topological polar surface area (TPSA) is 84.0 Å². The van der Waals surface area contributed by atoms with Crippen LogP contribution in [0.15, 0.2) is 64.6 Å². The van der Waals surface area contributed by atoms with Crippen LogP contribution in [0.4, 0.5) is 18.9 Å². The lowest BCUT2D eigenvalue weighted by Crippen LogP contribution is -2.20. The molecule has 1 heterocycles. The van der Waals surface area contributed by atoms with E-state index in [0.717, 1.165) is 11.0 Å². The van der Waals surface area contributed by atoms with E-state index in [4.69, 9.17) is 11.6 Å². The van der Waals surface area contributed by atoms with Gasteiger partial charge in [-0.15, -0.1) is 0 Å². The molecule has 0 unspecified atom stereocenters. The Kier molecular flexibility index (Phi) is 6.81. The molecule has 0 fully saturated rings. The molecule has 0 saturated heterocycles. The Hall–Kier alpha value is -3.11. The summed E-state index contributed by atoms with van der Waals surface area (Å²) in [7, 11) is 1.48. The fourth-order valence-corrected chi connectivity index (χ4v) is 3.43. The molecule has 0 spiro atoms. The van der Waals surface area contributed by atoms with E-state index in [2.05, 4.69) is 20.6 Å². The first-order valence-corrected chi connectivity index (χ1v) is 9.88. The van der Waals surface area contributed by atoms with Crippen LogP contribution in [0, 0.1) is 0 Å². The van der Waals surface area contributed by atoms with E-state index in [1.807, 2.05) is 0 Å². The number of hydrogen-bond acceptors (Lipinski definition) is 5. The number of amides is 2. The van der Waals surface area contributed by atoms with Crippen LogP contribution >= 0.6 is 23.4 Å². The maximum Gasteiger partial charge on any atom is 0.417 e. The molecule has 0 aliphatic carbocycles. The maximum absolute atomic E-state index is 13.0. The minimum atomic E-state index is -4.66. The van der Waals surface area contributed by atoms with Crippen molar-refractivity contribution < 1.29 is 22.8 Å². The molecule has 0 atom stereocenters. The molecule has 0 radical (unpaired) electrons. The van der Waals surface area contributed by atoms with Crippen LogP contribution in [0.5, 0.6) is 0 Å². The number of hydrogen-bond donors (Lipinski definition) is 2. The molecule has 0 bridgehead atoms. The van der Waals surface area contributed by atoms with E-state index in [9.17, 15) is 22.8 Å². The summed E-state index contributed by atoms with van der Waals surface area (Å²) in [6.07, 6.45) is -3.19. The third-order valence-corrected chi connectivity index (χ3v) is 5.20. The van der Waals surface area contributed by atoms with Crippen LogP contribution in [-0.4, -0.2) is 28.8 Å². The fourth-order valence-electron chi connectivity index (χ4n) is 2.43. The average Bonchev–Trinajstić information content (AvgIpc) is 2.74. The van der Waals surface area contributed by atoms with Gasteiger partial charge in [-0.25, -0.2) is 9.97 Å². The smallest absolute Gasteiger partial charge is 0.352 e. The van der Waals surface area contributed by atoms with Crippen LogP contribution < -0.4 is 10.6 Å². The first kappa shape index (κ1) is 22.6. The van der Waals surface area contributed by atoms with E-state index in [-0.39, 0.29) is 11.4 Å². The van der Waals surface area contributed by atoms with Crippen LogP contribution in [0.1, 0.15) is 26.5 Å². The normalized spacial score (nSPS) is 11.1. The van der Waals surface area contributed by atoms with E-state index in [1.165, 1.54) is 31.1 Å². The van der Waals surface area contributed by atoms with Gasteiger partial charge in [-0.1, -0.05) is 23.4 Å². The maximum atomic E-state index is 13.0. The minimum absolute atomic E-state index is 0.0394. The van der Waals surface area contributed by atoms with Crippen LogP contribution in [0.2, 0.25) is 5.02 Å². The molecule has 6 nitrogen and oxygen atoms in total. The molecule has 11 heteroatoms. The number of halogens is 4. The van der Waals surface area contributed by atoms with Crippen molar-refractivity contribution in [3.63, 3.8) is 0 Å². The fraction of sp³-hybridized carbons (Fsp3) is 0.100. The van der Waals surface area contributed by atoms with Crippen molar-refractivity contribution >= 4 is 40.9 Å². The summed E-state index contributed by atoms with van der Waals surface area (Å²) in [5, 5.41) is 5.06. The largest absolute Gasteiger partial charge is 0.417 e. The van der Waals surface area contributed by atoms with Crippen molar-refractivity contribution in [1.82, 2.24) is 15.3 Å². The zero-order valence-electron chi connectivity index (χ0n) is 15.8. The number of rotatable bonds is 5. The molecule has 3 rings (SSSR count). The molecule has 2 amide bonds. The van der Waals surface area contributed by atoms with Gasteiger partial charge in [0.15, 0.2) is 0 Å². The Labute approximate surface area is 184 Å². The van der Waals surface area contributed by atoms with Crippen molar-refractivity contribution in [2.45, 2.75) is 16.1 Å². The molecule has 0 aliphatic heterocycles. The van der Waals surface area contributed by atoms with E-state index in [0.29, 0.717) is 16.8 Å². The van der Waals surface area contributed by atoms with Gasteiger partial charge in [-0.05, 0) is 48.5 Å². The van der Waals surface area contributed by atoms with E-state index in [1.54, 1.807) is 30.3 Å². The van der Waals surface area contributed by atoms with Crippen LogP contribution in [0.25, 0.3) is 0 Å². The number of nitrogens with zero attached hydrogens (tertiary/aromatic N) is 2. The highest BCUT2D eigenvalue weighted by atomic mass is 35.5. The third kappa shape index (κ3) is 5.74. The number of carbonyl (C=O) groups excluding carboxylic acids is 2. The number of benzene rings is 2. The molecule has 0 aliphatic rings. The van der Waals surface area contributed by atoms with E-state index >= 15 is 0 Å². The Morgan fingerprint density at radius 2 is 1.74 bits per heavy atom. The second kappa shape index (κ2) is 9.36. The predicted octanol–water partition coefficient (Wildman–Crippen LogP) is 4.91. The van der Waals surface area contributed by atoms with Gasteiger partial charge in [-0.3, -0.25) is 9.59 Å². The SMILES string of the molecule is CNC(=O)c1nccc(Sc2ccc(NC(=O)c3ccc(Cl)c(C(F)(F)F)c3)cc2)n1. The molecule has 2 N–H and O–H groups in total.